The molecule has 8 heteroatoms. The first-order valence-corrected chi connectivity index (χ1v) is 11.4. The minimum absolute atomic E-state index is 0.247. The molecule has 26 heavy (non-hydrogen) atoms. The number of nitrogens with zero attached hydrogens (tertiary/aromatic N) is 3. The molecule has 1 aromatic heterocycles. The highest BCUT2D eigenvalue weighted by atomic mass is 32.2. The van der Waals surface area contributed by atoms with Gasteiger partial charge in [0, 0.05) is 37.1 Å². The fourth-order valence-electron chi connectivity index (χ4n) is 2.95. The molecule has 0 aliphatic carbocycles. The predicted octanol–water partition coefficient (Wildman–Crippen LogP) is 3.20. The first kappa shape index (κ1) is 19.4. The highest BCUT2D eigenvalue weighted by molar-refractivity contribution is 7.89. The molecule has 1 aromatic carbocycles. The molecule has 0 atom stereocenters. The Morgan fingerprint density at radius 2 is 1.85 bits per heavy atom. The zero-order valence-corrected chi connectivity index (χ0v) is 16.5. The predicted molar refractivity (Wildman–Crippen MR) is 103 cm³/mol. The van der Waals surface area contributed by atoms with E-state index in [4.69, 9.17) is 0 Å². The number of sulfonamides is 1. The van der Waals surface area contributed by atoms with E-state index in [0.29, 0.717) is 26.1 Å². The molecule has 0 saturated carbocycles. The lowest BCUT2D eigenvalue weighted by Crippen LogP contribution is -2.48. The van der Waals surface area contributed by atoms with Crippen molar-refractivity contribution in [1.82, 2.24) is 14.2 Å². The second kappa shape index (κ2) is 8.56. The van der Waals surface area contributed by atoms with Gasteiger partial charge in [-0.15, -0.1) is 11.3 Å². The van der Waals surface area contributed by atoms with Gasteiger partial charge < -0.3 is 0 Å². The third-order valence-electron chi connectivity index (χ3n) is 4.53. The van der Waals surface area contributed by atoms with Crippen LogP contribution in [0.4, 0.5) is 4.39 Å². The van der Waals surface area contributed by atoms with Crippen LogP contribution in [0.25, 0.3) is 11.3 Å². The van der Waals surface area contributed by atoms with E-state index >= 15 is 0 Å². The van der Waals surface area contributed by atoms with Crippen LogP contribution in [-0.2, 0) is 16.6 Å². The molecule has 0 unspecified atom stereocenters. The zero-order valence-electron chi connectivity index (χ0n) is 14.9. The van der Waals surface area contributed by atoms with Crippen LogP contribution in [0.2, 0.25) is 0 Å². The van der Waals surface area contributed by atoms with Crippen molar-refractivity contribution in [2.75, 3.05) is 31.9 Å². The molecule has 0 amide bonds. The van der Waals surface area contributed by atoms with Gasteiger partial charge in [-0.1, -0.05) is 13.3 Å². The van der Waals surface area contributed by atoms with E-state index in [1.165, 1.54) is 12.1 Å². The van der Waals surface area contributed by atoms with E-state index in [0.717, 1.165) is 35.8 Å². The lowest BCUT2D eigenvalue weighted by Gasteiger charge is -2.33. The fraction of sp³-hybridized carbons (Fsp3) is 0.500. The van der Waals surface area contributed by atoms with Crippen LogP contribution in [0.15, 0.2) is 29.6 Å². The normalized spacial score (nSPS) is 16.8. The lowest BCUT2D eigenvalue weighted by molar-refractivity contribution is 0.181. The van der Waals surface area contributed by atoms with Gasteiger partial charge in [0.1, 0.15) is 10.8 Å². The van der Waals surface area contributed by atoms with Crippen LogP contribution in [0, 0.1) is 5.82 Å². The number of unbranched alkanes of at least 4 members (excludes halogenated alkanes) is 1. The van der Waals surface area contributed by atoms with Gasteiger partial charge in [0.05, 0.1) is 18.0 Å². The molecule has 142 valence electrons. The Hall–Kier alpha value is -1.35. The molecular weight excluding hydrogens is 373 g/mol. The van der Waals surface area contributed by atoms with Gasteiger partial charge in [0.2, 0.25) is 10.0 Å². The van der Waals surface area contributed by atoms with E-state index in [2.05, 4.69) is 9.88 Å². The molecule has 0 bridgehead atoms. The van der Waals surface area contributed by atoms with Crippen LogP contribution in [0.1, 0.15) is 24.8 Å². The van der Waals surface area contributed by atoms with Gasteiger partial charge in [0.15, 0.2) is 0 Å². The third-order valence-corrected chi connectivity index (χ3v) is 7.32. The fourth-order valence-corrected chi connectivity index (χ4v) is 5.43. The maximum Gasteiger partial charge on any atom is 0.214 e. The van der Waals surface area contributed by atoms with Crippen LogP contribution in [0.3, 0.4) is 0 Å². The van der Waals surface area contributed by atoms with E-state index in [1.54, 1.807) is 27.8 Å². The van der Waals surface area contributed by atoms with Crippen molar-refractivity contribution in [2.24, 2.45) is 0 Å². The Bertz CT molecular complexity index is 813. The molecule has 3 rings (SSSR count). The van der Waals surface area contributed by atoms with Crippen LogP contribution in [-0.4, -0.2) is 54.5 Å². The first-order valence-electron chi connectivity index (χ1n) is 8.88. The van der Waals surface area contributed by atoms with E-state index < -0.39 is 10.0 Å². The molecule has 5 nitrogen and oxygen atoms in total. The third kappa shape index (κ3) is 4.88. The molecule has 0 N–H and O–H groups in total. The second-order valence-electron chi connectivity index (χ2n) is 6.48. The van der Waals surface area contributed by atoms with Gasteiger partial charge in [-0.05, 0) is 30.7 Å². The van der Waals surface area contributed by atoms with Crippen molar-refractivity contribution in [2.45, 2.75) is 26.3 Å². The molecule has 2 aromatic rings. The van der Waals surface area contributed by atoms with Gasteiger partial charge in [-0.2, -0.15) is 4.31 Å². The van der Waals surface area contributed by atoms with Crippen LogP contribution in [0.5, 0.6) is 0 Å². The smallest absolute Gasteiger partial charge is 0.214 e. The number of thiazole rings is 1. The lowest BCUT2D eigenvalue weighted by atomic mass is 10.2. The van der Waals surface area contributed by atoms with Crippen LogP contribution >= 0.6 is 11.3 Å². The van der Waals surface area contributed by atoms with Gasteiger partial charge >= 0.3 is 0 Å². The van der Waals surface area contributed by atoms with Gasteiger partial charge in [-0.25, -0.2) is 17.8 Å². The Morgan fingerprint density at radius 1 is 1.15 bits per heavy atom. The molecule has 1 aliphatic heterocycles. The summed E-state index contributed by atoms with van der Waals surface area (Å²) in [5.74, 6) is -0.00670. The SMILES string of the molecule is CCCCS(=O)(=O)N1CCN(Cc2nc(-c3ccc(F)cc3)cs2)CC1. The van der Waals surface area contributed by atoms with E-state index in [9.17, 15) is 12.8 Å². The van der Waals surface area contributed by atoms with E-state index in [-0.39, 0.29) is 11.6 Å². The molecule has 1 saturated heterocycles. The maximum atomic E-state index is 13.0. The summed E-state index contributed by atoms with van der Waals surface area (Å²) in [7, 11) is -3.11. The number of hydrogen-bond donors (Lipinski definition) is 0. The van der Waals surface area contributed by atoms with Crippen molar-refractivity contribution in [3.8, 4) is 11.3 Å². The minimum Gasteiger partial charge on any atom is -0.294 e. The Morgan fingerprint density at radius 3 is 2.50 bits per heavy atom. The van der Waals surface area contributed by atoms with Gasteiger partial charge in [0.25, 0.3) is 0 Å². The second-order valence-corrected chi connectivity index (χ2v) is 9.51. The van der Waals surface area contributed by atoms with Crippen molar-refractivity contribution < 1.29 is 12.8 Å². The Kier molecular flexibility index (Phi) is 6.39. The molecular formula is C18H24FN3O2S2. The number of hydrogen-bond acceptors (Lipinski definition) is 5. The zero-order chi connectivity index (χ0) is 18.6. The average molecular weight is 398 g/mol. The summed E-state index contributed by atoms with van der Waals surface area (Å²) in [4.78, 5) is 6.87. The summed E-state index contributed by atoms with van der Waals surface area (Å²) in [6, 6.07) is 6.33. The quantitative estimate of drug-likeness (QED) is 0.720. The topological polar surface area (TPSA) is 53.5 Å². The van der Waals surface area contributed by atoms with Crippen molar-refractivity contribution in [3.63, 3.8) is 0 Å². The Balaban J connectivity index is 1.54. The summed E-state index contributed by atoms with van der Waals surface area (Å²) in [6.45, 7) is 5.24. The molecule has 0 spiro atoms. The highest BCUT2D eigenvalue weighted by Crippen LogP contribution is 2.23. The minimum atomic E-state index is -3.11. The van der Waals surface area contributed by atoms with Crippen LogP contribution < -0.4 is 0 Å². The standard InChI is InChI=1S/C18H24FN3O2S2/c1-2-3-12-26(23,24)22-10-8-21(9-11-22)13-18-20-17(14-25-18)15-4-6-16(19)7-5-15/h4-7,14H,2-3,8-13H2,1H3. The largest absolute Gasteiger partial charge is 0.294 e. The summed E-state index contributed by atoms with van der Waals surface area (Å²) in [6.07, 6.45) is 1.60. The number of rotatable bonds is 7. The maximum absolute atomic E-state index is 13.0. The average Bonchev–Trinajstić information content (AvgIpc) is 3.09. The summed E-state index contributed by atoms with van der Waals surface area (Å²) >= 11 is 1.58. The molecule has 1 aliphatic rings. The number of benzene rings is 1. The molecule has 1 fully saturated rings. The summed E-state index contributed by atoms with van der Waals surface area (Å²) in [5.41, 5.74) is 1.76. The number of halogens is 1. The van der Waals surface area contributed by atoms with Crippen molar-refractivity contribution in [3.05, 3.63) is 40.5 Å². The summed E-state index contributed by atoms with van der Waals surface area (Å²) in [5, 5.41) is 2.97. The van der Waals surface area contributed by atoms with Crippen molar-refractivity contribution in [1.29, 1.82) is 0 Å². The van der Waals surface area contributed by atoms with Crippen molar-refractivity contribution >= 4 is 21.4 Å². The molecule has 0 radical (unpaired) electrons. The molecule has 2 heterocycles. The Labute approximate surface area is 158 Å². The summed E-state index contributed by atoms with van der Waals surface area (Å²) < 4.78 is 39.2. The number of aromatic nitrogens is 1. The van der Waals surface area contributed by atoms with E-state index in [1.807, 2.05) is 12.3 Å². The number of piperazine rings is 1. The van der Waals surface area contributed by atoms with Gasteiger partial charge in [-0.3, -0.25) is 4.90 Å². The highest BCUT2D eigenvalue weighted by Gasteiger charge is 2.26. The first-order chi connectivity index (χ1) is 12.5. The monoisotopic (exact) mass is 397 g/mol.